The quantitative estimate of drug-likeness (QED) is 0.351. The van der Waals surface area contributed by atoms with Crippen LogP contribution in [0.25, 0.3) is 0 Å². The van der Waals surface area contributed by atoms with Crippen LogP contribution in [0.1, 0.15) is 16.8 Å². The van der Waals surface area contributed by atoms with E-state index >= 15 is 0 Å². The summed E-state index contributed by atoms with van der Waals surface area (Å²) in [5.41, 5.74) is 4.97. The van der Waals surface area contributed by atoms with Gasteiger partial charge in [0.1, 0.15) is 24.6 Å². The molecule has 0 saturated carbocycles. The molecule has 1 fully saturated rings. The smallest absolute Gasteiger partial charge is 0.387 e. The Morgan fingerprint density at radius 3 is 2.67 bits per heavy atom. The van der Waals surface area contributed by atoms with E-state index in [0.717, 1.165) is 11.0 Å². The molecule has 1 aliphatic rings. The maximum Gasteiger partial charge on any atom is 0.469 e. The minimum absolute atomic E-state index is 0.310. The molecule has 13 heteroatoms. The summed E-state index contributed by atoms with van der Waals surface area (Å²) in [6.07, 6.45) is -4.27. The van der Waals surface area contributed by atoms with E-state index in [1.165, 1.54) is 0 Å². The third-order valence-electron chi connectivity index (χ3n) is 2.73. The van der Waals surface area contributed by atoms with Crippen molar-refractivity contribution < 1.29 is 38.6 Å². The van der Waals surface area contributed by atoms with Crippen LogP contribution in [0.15, 0.2) is 6.33 Å². The highest BCUT2D eigenvalue weighted by Crippen LogP contribution is 2.38. The Morgan fingerprint density at radius 2 is 2.14 bits per heavy atom. The Labute approximate surface area is 117 Å². The highest BCUT2D eigenvalue weighted by Gasteiger charge is 2.45. The SMILES string of the molecule is NC(=O)c1ncn([C@H]2O[C@@H](COP(=O)(O)O)[C@@H](O)[C@@H]2O)n1. The molecule has 0 unspecified atom stereocenters. The molecule has 1 aliphatic heterocycles. The normalized spacial score (nSPS) is 29.7. The van der Waals surface area contributed by atoms with E-state index in [4.69, 9.17) is 20.3 Å². The number of nitrogens with zero attached hydrogens (tertiary/aromatic N) is 3. The van der Waals surface area contributed by atoms with Crippen molar-refractivity contribution in [3.63, 3.8) is 0 Å². The predicted octanol–water partition coefficient (Wildman–Crippen LogP) is -2.89. The largest absolute Gasteiger partial charge is 0.469 e. The van der Waals surface area contributed by atoms with E-state index in [1.807, 2.05) is 0 Å². The number of primary amides is 1. The molecule has 12 nitrogen and oxygen atoms in total. The van der Waals surface area contributed by atoms with Crippen molar-refractivity contribution in [1.29, 1.82) is 0 Å². The van der Waals surface area contributed by atoms with Crippen LogP contribution in [0.2, 0.25) is 0 Å². The lowest BCUT2D eigenvalue weighted by molar-refractivity contribution is -0.0581. The van der Waals surface area contributed by atoms with Gasteiger partial charge in [-0.05, 0) is 0 Å². The average Bonchev–Trinajstić information content (AvgIpc) is 2.94. The maximum atomic E-state index is 10.9. The topological polar surface area (TPSA) is 190 Å². The fourth-order valence-electron chi connectivity index (χ4n) is 1.77. The molecule has 2 heterocycles. The van der Waals surface area contributed by atoms with Crippen molar-refractivity contribution in [2.45, 2.75) is 24.5 Å². The number of carbonyl (C=O) groups excluding carboxylic acids is 1. The Hall–Kier alpha value is -1.40. The van der Waals surface area contributed by atoms with E-state index in [0.29, 0.717) is 0 Å². The zero-order chi connectivity index (χ0) is 15.8. The summed E-state index contributed by atoms with van der Waals surface area (Å²) >= 11 is 0. The molecule has 1 aromatic heterocycles. The number of aliphatic hydroxyl groups is 2. The molecule has 0 bridgehead atoms. The molecule has 4 atom stereocenters. The number of nitrogens with two attached hydrogens (primary N) is 1. The molecular formula is C8H13N4O8P. The molecular weight excluding hydrogens is 311 g/mol. The fraction of sp³-hybridized carbons (Fsp3) is 0.625. The number of carbonyl (C=O) groups is 1. The molecule has 1 amide bonds. The minimum Gasteiger partial charge on any atom is -0.387 e. The van der Waals surface area contributed by atoms with Gasteiger partial charge in [-0.1, -0.05) is 0 Å². The Balaban J connectivity index is 2.08. The third kappa shape index (κ3) is 3.63. The van der Waals surface area contributed by atoms with Crippen LogP contribution in [0.5, 0.6) is 0 Å². The number of ether oxygens (including phenoxy) is 1. The Morgan fingerprint density at radius 1 is 1.48 bits per heavy atom. The second-order valence-electron chi connectivity index (χ2n) is 4.25. The van der Waals surface area contributed by atoms with E-state index < -0.39 is 44.9 Å². The first-order chi connectivity index (χ1) is 9.69. The summed E-state index contributed by atoms with van der Waals surface area (Å²) in [6, 6.07) is 0. The van der Waals surface area contributed by atoms with E-state index in [1.54, 1.807) is 0 Å². The number of aliphatic hydroxyl groups excluding tert-OH is 2. The molecule has 2 rings (SSSR count). The van der Waals surface area contributed by atoms with Gasteiger partial charge in [0.05, 0.1) is 6.61 Å². The van der Waals surface area contributed by atoms with Crippen LogP contribution in [0, 0.1) is 0 Å². The van der Waals surface area contributed by atoms with Gasteiger partial charge in [0.25, 0.3) is 5.91 Å². The highest BCUT2D eigenvalue weighted by atomic mass is 31.2. The number of hydrogen-bond acceptors (Lipinski definition) is 8. The first-order valence-corrected chi connectivity index (χ1v) is 7.14. The molecule has 1 saturated heterocycles. The van der Waals surface area contributed by atoms with Crippen molar-refractivity contribution >= 4 is 13.7 Å². The lowest BCUT2D eigenvalue weighted by atomic mass is 10.1. The van der Waals surface area contributed by atoms with E-state index in [2.05, 4.69) is 14.6 Å². The van der Waals surface area contributed by atoms with Gasteiger partial charge in [0, 0.05) is 0 Å². The minimum atomic E-state index is -4.73. The van der Waals surface area contributed by atoms with Gasteiger partial charge in [-0.25, -0.2) is 14.2 Å². The van der Waals surface area contributed by atoms with Gasteiger partial charge in [-0.15, -0.1) is 5.10 Å². The average molecular weight is 324 g/mol. The zero-order valence-corrected chi connectivity index (χ0v) is 11.3. The van der Waals surface area contributed by atoms with Crippen molar-refractivity contribution in [3.8, 4) is 0 Å². The summed E-state index contributed by atoms with van der Waals surface area (Å²) in [5.74, 6) is -1.20. The van der Waals surface area contributed by atoms with E-state index in [9.17, 15) is 19.6 Å². The summed E-state index contributed by atoms with van der Waals surface area (Å²) in [5, 5.41) is 23.2. The lowest BCUT2D eigenvalue weighted by Crippen LogP contribution is -2.33. The first kappa shape index (κ1) is 16.0. The van der Waals surface area contributed by atoms with Gasteiger partial charge in [0.2, 0.25) is 5.82 Å². The number of hydrogen-bond donors (Lipinski definition) is 5. The molecule has 6 N–H and O–H groups in total. The second kappa shape index (κ2) is 5.77. The number of aromatic nitrogens is 3. The van der Waals surface area contributed by atoms with Gasteiger partial charge < -0.3 is 30.5 Å². The number of rotatable bonds is 5. The molecule has 1 aromatic rings. The monoisotopic (exact) mass is 324 g/mol. The molecule has 0 aromatic carbocycles. The maximum absolute atomic E-state index is 10.9. The summed E-state index contributed by atoms with van der Waals surface area (Å²) in [6.45, 7) is -0.642. The number of phosphoric ester groups is 1. The van der Waals surface area contributed by atoms with E-state index in [-0.39, 0.29) is 5.82 Å². The Bertz CT molecular complexity index is 572. The van der Waals surface area contributed by atoms with Crippen molar-refractivity contribution in [3.05, 3.63) is 12.2 Å². The van der Waals surface area contributed by atoms with Crippen LogP contribution in [-0.2, 0) is 13.8 Å². The lowest BCUT2D eigenvalue weighted by Gasteiger charge is -2.14. The zero-order valence-electron chi connectivity index (χ0n) is 10.4. The highest BCUT2D eigenvalue weighted by molar-refractivity contribution is 7.46. The standard InChI is InChI=1S/C8H13N4O8P/c9-6(15)7-10-2-12(11-7)8-5(14)4(13)3(20-8)1-19-21(16,17)18/h2-5,8,13-14H,1H2,(H2,9,15)(H2,16,17,18)/t3-,4+,5-,8-/m0/s1. The van der Waals surface area contributed by atoms with Gasteiger partial charge in [-0.2, -0.15) is 0 Å². The summed E-state index contributed by atoms with van der Waals surface area (Å²) < 4.78 is 21.0. The van der Waals surface area contributed by atoms with Crippen molar-refractivity contribution in [1.82, 2.24) is 14.8 Å². The predicted molar refractivity (Wildman–Crippen MR) is 62.5 cm³/mol. The van der Waals surface area contributed by atoms with Crippen LogP contribution in [0.3, 0.4) is 0 Å². The number of amides is 1. The van der Waals surface area contributed by atoms with Crippen molar-refractivity contribution in [2.75, 3.05) is 6.61 Å². The number of phosphoric acid groups is 1. The molecule has 0 aliphatic carbocycles. The summed E-state index contributed by atoms with van der Waals surface area (Å²) in [7, 11) is -4.73. The van der Waals surface area contributed by atoms with Gasteiger partial charge >= 0.3 is 7.82 Å². The molecule has 21 heavy (non-hydrogen) atoms. The second-order valence-corrected chi connectivity index (χ2v) is 5.48. The Kier molecular flexibility index (Phi) is 4.39. The summed E-state index contributed by atoms with van der Waals surface area (Å²) in [4.78, 5) is 31.6. The van der Waals surface area contributed by atoms with Crippen LogP contribution >= 0.6 is 7.82 Å². The molecule has 0 spiro atoms. The first-order valence-electron chi connectivity index (χ1n) is 5.61. The van der Waals surface area contributed by atoms with Crippen LogP contribution < -0.4 is 5.73 Å². The van der Waals surface area contributed by atoms with Crippen LogP contribution in [-0.4, -0.2) is 65.6 Å². The molecule has 118 valence electrons. The molecule has 0 radical (unpaired) electrons. The fourth-order valence-corrected chi connectivity index (χ4v) is 2.11. The van der Waals surface area contributed by atoms with Crippen LogP contribution in [0.4, 0.5) is 0 Å². The van der Waals surface area contributed by atoms with Gasteiger partial charge in [0.15, 0.2) is 6.23 Å². The third-order valence-corrected chi connectivity index (χ3v) is 3.22. The van der Waals surface area contributed by atoms with Gasteiger partial charge in [-0.3, -0.25) is 9.32 Å². The van der Waals surface area contributed by atoms with Crippen molar-refractivity contribution in [2.24, 2.45) is 5.73 Å².